The number of ether oxygens (including phenoxy) is 2. The second-order valence-electron chi connectivity index (χ2n) is 11.5. The molecule has 1 saturated heterocycles. The number of likely N-dealkylation sites (N-methyl/N-ethyl adjacent to an activating group) is 1. The van der Waals surface area contributed by atoms with Gasteiger partial charge in [0.15, 0.2) is 6.23 Å². The Kier molecular flexibility index (Phi) is 4.82. The molecule has 0 aliphatic carbocycles. The van der Waals surface area contributed by atoms with Crippen LogP contribution in [-0.2, 0) is 16.0 Å². The van der Waals surface area contributed by atoms with E-state index < -0.39 is 12.3 Å². The topological polar surface area (TPSA) is 77.7 Å². The molecule has 42 heavy (non-hydrogen) atoms. The predicted octanol–water partition coefficient (Wildman–Crippen LogP) is 5.73. The lowest BCUT2D eigenvalue weighted by Gasteiger charge is -2.44. The molecule has 5 heterocycles. The number of aromatic nitrogens is 2. The van der Waals surface area contributed by atoms with Crippen molar-refractivity contribution in [3.05, 3.63) is 95.6 Å². The van der Waals surface area contributed by atoms with Crippen molar-refractivity contribution in [2.75, 3.05) is 14.2 Å². The van der Waals surface area contributed by atoms with Crippen LogP contribution in [0.3, 0.4) is 0 Å². The molecule has 2 aromatic heterocycles. The van der Waals surface area contributed by atoms with Gasteiger partial charge in [-0.15, -0.1) is 0 Å². The van der Waals surface area contributed by atoms with E-state index in [0.717, 1.165) is 54.7 Å². The molecule has 6 aromatic rings. The van der Waals surface area contributed by atoms with Gasteiger partial charge in [0.05, 0.1) is 33.7 Å². The molecule has 0 spiro atoms. The minimum Gasteiger partial charge on any atom is -0.375 e. The van der Waals surface area contributed by atoms with E-state index >= 15 is 0 Å². The van der Waals surface area contributed by atoms with Gasteiger partial charge in [-0.1, -0.05) is 54.6 Å². The van der Waals surface area contributed by atoms with Crippen LogP contribution in [0.5, 0.6) is 0 Å². The van der Waals surface area contributed by atoms with E-state index in [0.29, 0.717) is 18.5 Å². The molecule has 3 aliphatic rings. The summed E-state index contributed by atoms with van der Waals surface area (Å²) in [4.78, 5) is 29.1. The summed E-state index contributed by atoms with van der Waals surface area (Å²) in [6, 6.07) is 25.7. The van der Waals surface area contributed by atoms with Gasteiger partial charge in [0, 0.05) is 54.2 Å². The largest absolute Gasteiger partial charge is 0.375 e. The van der Waals surface area contributed by atoms with Gasteiger partial charge in [0.25, 0.3) is 11.8 Å². The van der Waals surface area contributed by atoms with E-state index in [-0.39, 0.29) is 24.1 Å². The van der Waals surface area contributed by atoms with Gasteiger partial charge in [-0.25, -0.2) is 0 Å². The number of hydrogen-bond donors (Lipinski definition) is 1. The number of benzene rings is 4. The lowest BCUT2D eigenvalue weighted by molar-refractivity contribution is -0.203. The first-order valence-electron chi connectivity index (χ1n) is 14.4. The van der Waals surface area contributed by atoms with Crippen molar-refractivity contribution in [3.63, 3.8) is 0 Å². The monoisotopic (exact) mass is 556 g/mol. The Morgan fingerprint density at radius 1 is 0.905 bits per heavy atom. The molecule has 8 nitrogen and oxygen atoms in total. The minimum atomic E-state index is -0.503. The number of hydrogen-bond acceptors (Lipinski definition) is 4. The zero-order valence-electron chi connectivity index (χ0n) is 23.2. The Labute approximate surface area is 241 Å². The molecular formula is C34H28N4O4. The summed E-state index contributed by atoms with van der Waals surface area (Å²) >= 11 is 0. The van der Waals surface area contributed by atoms with E-state index in [4.69, 9.17) is 9.47 Å². The number of carbonyl (C=O) groups excluding carboxylic acids is 2. The smallest absolute Gasteiger partial charge is 0.253 e. The van der Waals surface area contributed by atoms with Crippen molar-refractivity contribution in [2.45, 2.75) is 37.6 Å². The summed E-state index contributed by atoms with van der Waals surface area (Å²) in [5.74, 6) is -0.0971. The molecular weight excluding hydrogens is 528 g/mol. The lowest BCUT2D eigenvalue weighted by atomic mass is 9.97. The Bertz CT molecular complexity index is 2130. The Morgan fingerprint density at radius 3 is 2.29 bits per heavy atom. The summed E-state index contributed by atoms with van der Waals surface area (Å²) in [6.45, 7) is 0.480. The van der Waals surface area contributed by atoms with E-state index in [1.54, 1.807) is 7.11 Å². The zero-order chi connectivity index (χ0) is 28.3. The molecule has 3 aliphatic heterocycles. The molecule has 2 bridgehead atoms. The molecule has 0 radical (unpaired) electrons. The van der Waals surface area contributed by atoms with E-state index in [2.05, 4.69) is 38.7 Å². The summed E-state index contributed by atoms with van der Waals surface area (Å²) in [5.41, 5.74) is 6.49. The van der Waals surface area contributed by atoms with Crippen LogP contribution in [0.1, 0.15) is 45.2 Å². The van der Waals surface area contributed by atoms with Crippen LogP contribution in [0, 0.1) is 0 Å². The second kappa shape index (κ2) is 8.44. The van der Waals surface area contributed by atoms with Crippen molar-refractivity contribution in [2.24, 2.45) is 0 Å². The Hall–Kier alpha value is -4.66. The standard InChI is InChI=1S/C34H28N4O4/c1-36(33(40)18-10-4-3-5-11-18)24-16-25-37-22-14-8-7-13-20(22)27-28-21(17-35-32(28)39)26-19-12-6-9-15-23(19)38(29(26)30(27)37)34(42-25)31(24)41-2/h3-15,24-25,31,34H,16-17H2,1-2H3,(H,35,39)/t24-,25?,31-,34?/m1/s1. The predicted molar refractivity (Wildman–Crippen MR) is 161 cm³/mol. The first-order chi connectivity index (χ1) is 20.6. The van der Waals surface area contributed by atoms with Crippen molar-refractivity contribution in [1.29, 1.82) is 0 Å². The maximum atomic E-state index is 13.8. The molecule has 2 unspecified atom stereocenters. The van der Waals surface area contributed by atoms with Gasteiger partial charge < -0.3 is 28.8 Å². The van der Waals surface area contributed by atoms with Crippen LogP contribution >= 0.6 is 0 Å². The minimum absolute atomic E-state index is 0.0411. The third-order valence-electron chi connectivity index (χ3n) is 9.60. The number of nitrogens with zero attached hydrogens (tertiary/aromatic N) is 3. The average Bonchev–Trinajstić information content (AvgIpc) is 3.67. The van der Waals surface area contributed by atoms with Crippen LogP contribution in [0.15, 0.2) is 78.9 Å². The highest BCUT2D eigenvalue weighted by molar-refractivity contribution is 6.30. The molecule has 1 fully saturated rings. The van der Waals surface area contributed by atoms with E-state index in [1.165, 1.54) is 0 Å². The van der Waals surface area contributed by atoms with Crippen LogP contribution in [0.2, 0.25) is 0 Å². The first kappa shape index (κ1) is 24.0. The number of amides is 2. The highest BCUT2D eigenvalue weighted by atomic mass is 16.6. The lowest BCUT2D eigenvalue weighted by Crippen LogP contribution is -2.53. The average molecular weight is 557 g/mol. The van der Waals surface area contributed by atoms with Gasteiger partial charge in [-0.3, -0.25) is 9.59 Å². The van der Waals surface area contributed by atoms with Gasteiger partial charge in [-0.05, 0) is 29.8 Å². The van der Waals surface area contributed by atoms with Gasteiger partial charge in [0.2, 0.25) is 0 Å². The van der Waals surface area contributed by atoms with Crippen molar-refractivity contribution in [3.8, 4) is 0 Å². The third-order valence-corrected chi connectivity index (χ3v) is 9.60. The van der Waals surface area contributed by atoms with E-state index in [1.807, 2.05) is 66.5 Å². The molecule has 0 saturated carbocycles. The molecule has 4 aromatic carbocycles. The summed E-state index contributed by atoms with van der Waals surface area (Å²) in [7, 11) is 3.56. The SMILES string of the molecule is CO[C@H]1C2OC(C[C@H]1N(C)C(=O)c1ccccc1)n1c3ccccc3c3c4c(c5c6ccccc6n2c5c31)CNC4=O. The first-order valence-corrected chi connectivity index (χ1v) is 14.4. The molecule has 8 heteroatoms. The van der Waals surface area contributed by atoms with E-state index in [9.17, 15) is 9.59 Å². The fourth-order valence-electron chi connectivity index (χ4n) is 7.86. The maximum absolute atomic E-state index is 13.8. The molecule has 4 atom stereocenters. The Balaban J connectivity index is 1.40. The normalized spacial score (nSPS) is 22.7. The number of carbonyl (C=O) groups is 2. The molecule has 1 N–H and O–H groups in total. The second-order valence-corrected chi connectivity index (χ2v) is 11.5. The summed E-state index contributed by atoms with van der Waals surface area (Å²) in [6.07, 6.45) is -0.788. The van der Waals surface area contributed by atoms with Gasteiger partial charge >= 0.3 is 0 Å². The quantitative estimate of drug-likeness (QED) is 0.302. The van der Waals surface area contributed by atoms with Crippen LogP contribution in [-0.4, -0.2) is 52.2 Å². The van der Waals surface area contributed by atoms with Crippen molar-refractivity contribution < 1.29 is 19.1 Å². The van der Waals surface area contributed by atoms with Crippen LogP contribution in [0.25, 0.3) is 43.6 Å². The summed E-state index contributed by atoms with van der Waals surface area (Å²) < 4.78 is 17.8. The van der Waals surface area contributed by atoms with Crippen LogP contribution in [0.4, 0.5) is 0 Å². The van der Waals surface area contributed by atoms with Crippen molar-refractivity contribution >= 4 is 55.4 Å². The number of para-hydroxylation sites is 2. The van der Waals surface area contributed by atoms with Crippen molar-refractivity contribution in [1.82, 2.24) is 19.4 Å². The molecule has 2 amide bonds. The maximum Gasteiger partial charge on any atom is 0.253 e. The third kappa shape index (κ3) is 2.88. The molecule has 208 valence electrons. The molecule has 9 rings (SSSR count). The highest BCUT2D eigenvalue weighted by Crippen LogP contribution is 2.52. The number of rotatable bonds is 3. The number of nitrogens with one attached hydrogen (secondary N) is 1. The fraction of sp³-hybridized carbons (Fsp3) is 0.235. The number of methoxy groups -OCH3 is 1. The Morgan fingerprint density at radius 2 is 1.55 bits per heavy atom. The van der Waals surface area contributed by atoms with Gasteiger partial charge in [0.1, 0.15) is 12.3 Å². The van der Waals surface area contributed by atoms with Gasteiger partial charge in [-0.2, -0.15) is 0 Å². The fourth-order valence-corrected chi connectivity index (χ4v) is 7.86. The van der Waals surface area contributed by atoms with Crippen LogP contribution < -0.4 is 5.32 Å². The zero-order valence-corrected chi connectivity index (χ0v) is 23.2. The highest BCUT2D eigenvalue weighted by Gasteiger charge is 2.48. The number of fused-ring (bicyclic) bond motifs is 13. The summed E-state index contributed by atoms with van der Waals surface area (Å²) in [5, 5.41) is 7.26.